The van der Waals surface area contributed by atoms with Crippen LogP contribution in [0.4, 0.5) is 0 Å². The third-order valence-electron chi connectivity index (χ3n) is 3.39. The van der Waals surface area contributed by atoms with E-state index in [1.54, 1.807) is 0 Å². The highest BCUT2D eigenvalue weighted by Gasteiger charge is 2.15. The molecule has 6 nitrogen and oxygen atoms in total. The number of rotatable bonds is 5. The molecule has 0 saturated carbocycles. The standard InChI is InChI=1S/C17H22N2.C2H2.4H2O/c1-14-7-9-15(10-8-14)16(11-13-19(2)3)17-6-4-5-12-18-17;1-2;;;;/h4-10,12,16H,11,13H2,1-3H3;1-2H;4*1H2. The second-order valence-corrected chi connectivity index (χ2v) is 5.31. The third-order valence-corrected chi connectivity index (χ3v) is 3.39. The molecule has 0 saturated heterocycles. The maximum Gasteiger partial charge on any atom is 0.0478 e. The zero-order chi connectivity index (χ0) is 15.7. The summed E-state index contributed by atoms with van der Waals surface area (Å²) in [5.74, 6) is 0.379. The van der Waals surface area contributed by atoms with E-state index in [1.165, 1.54) is 11.1 Å². The van der Waals surface area contributed by atoms with Gasteiger partial charge in [-0.1, -0.05) is 35.9 Å². The molecule has 0 amide bonds. The maximum atomic E-state index is 4.54. The molecule has 0 bridgehead atoms. The van der Waals surface area contributed by atoms with Gasteiger partial charge in [-0.25, -0.2) is 0 Å². The molecule has 1 aromatic heterocycles. The molecule has 0 aliphatic rings. The number of nitrogens with zero attached hydrogens (tertiary/aromatic N) is 2. The van der Waals surface area contributed by atoms with E-state index in [4.69, 9.17) is 0 Å². The van der Waals surface area contributed by atoms with Crippen LogP contribution in [0.15, 0.2) is 48.7 Å². The molecular formula is C19H32N2O4. The number of hydrogen-bond donors (Lipinski definition) is 0. The van der Waals surface area contributed by atoms with Crippen LogP contribution in [0, 0.1) is 19.8 Å². The first-order chi connectivity index (χ1) is 10.2. The van der Waals surface area contributed by atoms with E-state index in [2.05, 4.69) is 80.1 Å². The summed E-state index contributed by atoms with van der Waals surface area (Å²) >= 11 is 0. The Balaban J connectivity index is -0.000000355. The van der Waals surface area contributed by atoms with Gasteiger partial charge in [0.1, 0.15) is 0 Å². The van der Waals surface area contributed by atoms with Crippen LogP contribution < -0.4 is 0 Å². The van der Waals surface area contributed by atoms with Crippen molar-refractivity contribution in [3.05, 3.63) is 65.5 Å². The summed E-state index contributed by atoms with van der Waals surface area (Å²) in [5.41, 5.74) is 3.82. The van der Waals surface area contributed by atoms with Gasteiger partial charge in [-0.05, 0) is 51.7 Å². The Bertz CT molecular complexity index is 542. The van der Waals surface area contributed by atoms with Crippen molar-refractivity contribution in [2.24, 2.45) is 0 Å². The number of aryl methyl sites for hydroxylation is 1. The van der Waals surface area contributed by atoms with Gasteiger partial charge >= 0.3 is 0 Å². The molecule has 0 aliphatic heterocycles. The SMILES string of the molecule is C#C.Cc1ccc(C(CCN(C)C)c2ccccn2)cc1.O.O.O.O. The van der Waals surface area contributed by atoms with Crippen LogP contribution in [-0.2, 0) is 0 Å². The zero-order valence-corrected chi connectivity index (χ0v) is 15.2. The number of terminal acetylenes is 1. The van der Waals surface area contributed by atoms with E-state index in [9.17, 15) is 0 Å². The van der Waals surface area contributed by atoms with Gasteiger partial charge in [0.15, 0.2) is 0 Å². The van der Waals surface area contributed by atoms with Crippen molar-refractivity contribution in [2.75, 3.05) is 20.6 Å². The monoisotopic (exact) mass is 352 g/mol. The summed E-state index contributed by atoms with van der Waals surface area (Å²) in [6, 6.07) is 15.0. The van der Waals surface area contributed by atoms with Gasteiger partial charge in [0.25, 0.3) is 0 Å². The average molecular weight is 352 g/mol. The van der Waals surface area contributed by atoms with Crippen LogP contribution in [0.25, 0.3) is 0 Å². The highest BCUT2D eigenvalue weighted by Crippen LogP contribution is 2.26. The third kappa shape index (κ3) is 10.2. The van der Waals surface area contributed by atoms with Crippen LogP contribution in [0.3, 0.4) is 0 Å². The second kappa shape index (κ2) is 16.6. The number of hydrogen-bond acceptors (Lipinski definition) is 2. The Kier molecular flexibility index (Phi) is 20.3. The van der Waals surface area contributed by atoms with Gasteiger partial charge in [0.2, 0.25) is 0 Å². The Morgan fingerprint density at radius 1 is 0.920 bits per heavy atom. The quantitative estimate of drug-likeness (QED) is 0.719. The lowest BCUT2D eigenvalue weighted by Gasteiger charge is -2.19. The lowest BCUT2D eigenvalue weighted by Crippen LogP contribution is -2.17. The van der Waals surface area contributed by atoms with E-state index < -0.39 is 0 Å². The molecule has 2 rings (SSSR count). The predicted molar refractivity (Wildman–Crippen MR) is 105 cm³/mol. The number of pyridine rings is 1. The molecule has 0 radical (unpaired) electrons. The van der Waals surface area contributed by atoms with Crippen molar-refractivity contribution in [1.82, 2.24) is 9.88 Å². The first-order valence-corrected chi connectivity index (χ1v) is 7.12. The molecule has 0 aliphatic carbocycles. The van der Waals surface area contributed by atoms with Crippen LogP contribution in [0.1, 0.15) is 29.2 Å². The van der Waals surface area contributed by atoms with E-state index in [0.717, 1.165) is 18.7 Å². The molecule has 1 unspecified atom stereocenters. The number of benzene rings is 1. The van der Waals surface area contributed by atoms with Gasteiger partial charge in [-0.2, -0.15) is 0 Å². The van der Waals surface area contributed by atoms with E-state index in [1.807, 2.05) is 12.3 Å². The molecule has 0 spiro atoms. The molecule has 142 valence electrons. The maximum absolute atomic E-state index is 4.54. The minimum Gasteiger partial charge on any atom is -0.412 e. The molecule has 1 atom stereocenters. The first-order valence-electron chi connectivity index (χ1n) is 7.12. The van der Waals surface area contributed by atoms with Gasteiger partial charge < -0.3 is 26.8 Å². The molecule has 25 heavy (non-hydrogen) atoms. The normalized spacial score (nSPS) is 9.68. The first kappa shape index (κ1) is 30.6. The lowest BCUT2D eigenvalue weighted by molar-refractivity contribution is 0.389. The Labute approximate surface area is 150 Å². The van der Waals surface area contributed by atoms with Crippen LogP contribution in [0.5, 0.6) is 0 Å². The molecule has 8 N–H and O–H groups in total. The largest absolute Gasteiger partial charge is 0.412 e. The fourth-order valence-corrected chi connectivity index (χ4v) is 2.25. The predicted octanol–water partition coefficient (Wildman–Crippen LogP) is 0.424. The highest BCUT2D eigenvalue weighted by atomic mass is 16.0. The van der Waals surface area contributed by atoms with E-state index >= 15 is 0 Å². The minimum absolute atomic E-state index is 0. The number of aromatic nitrogens is 1. The molecule has 2 aromatic rings. The second-order valence-electron chi connectivity index (χ2n) is 5.31. The Morgan fingerprint density at radius 2 is 1.48 bits per heavy atom. The van der Waals surface area contributed by atoms with Crippen molar-refractivity contribution >= 4 is 0 Å². The smallest absolute Gasteiger partial charge is 0.0478 e. The molecular weight excluding hydrogens is 320 g/mol. The Morgan fingerprint density at radius 3 is 1.92 bits per heavy atom. The van der Waals surface area contributed by atoms with Crippen molar-refractivity contribution in [2.45, 2.75) is 19.3 Å². The summed E-state index contributed by atoms with van der Waals surface area (Å²) in [4.78, 5) is 6.76. The van der Waals surface area contributed by atoms with Gasteiger partial charge in [0, 0.05) is 17.8 Å². The summed E-state index contributed by atoms with van der Waals surface area (Å²) < 4.78 is 0. The van der Waals surface area contributed by atoms with Gasteiger partial charge in [-0.15, -0.1) is 12.8 Å². The topological polar surface area (TPSA) is 142 Å². The summed E-state index contributed by atoms with van der Waals surface area (Å²) in [6.45, 7) is 3.19. The van der Waals surface area contributed by atoms with Crippen molar-refractivity contribution in [1.29, 1.82) is 0 Å². The van der Waals surface area contributed by atoms with E-state index in [-0.39, 0.29) is 21.9 Å². The minimum atomic E-state index is 0. The molecule has 1 heterocycles. The van der Waals surface area contributed by atoms with Crippen molar-refractivity contribution in [3.8, 4) is 12.8 Å². The molecule has 6 heteroatoms. The summed E-state index contributed by atoms with van der Waals surface area (Å²) in [5, 5.41) is 0. The van der Waals surface area contributed by atoms with Crippen LogP contribution >= 0.6 is 0 Å². The average Bonchev–Trinajstić information content (AvgIpc) is 2.52. The molecule has 0 fully saturated rings. The van der Waals surface area contributed by atoms with Crippen molar-refractivity contribution in [3.63, 3.8) is 0 Å². The van der Waals surface area contributed by atoms with Crippen LogP contribution in [-0.4, -0.2) is 52.4 Å². The molecule has 1 aromatic carbocycles. The van der Waals surface area contributed by atoms with Crippen LogP contribution in [0.2, 0.25) is 0 Å². The van der Waals surface area contributed by atoms with Gasteiger partial charge in [-0.3, -0.25) is 4.98 Å². The fourth-order valence-electron chi connectivity index (χ4n) is 2.25. The highest BCUT2D eigenvalue weighted by molar-refractivity contribution is 5.30. The lowest BCUT2D eigenvalue weighted by atomic mass is 9.91. The van der Waals surface area contributed by atoms with Crippen molar-refractivity contribution < 1.29 is 21.9 Å². The summed E-state index contributed by atoms with van der Waals surface area (Å²) in [6.07, 6.45) is 11.0. The van der Waals surface area contributed by atoms with Gasteiger partial charge in [0.05, 0.1) is 0 Å². The zero-order valence-electron chi connectivity index (χ0n) is 15.2. The Hall–Kier alpha value is -2.27. The summed E-state index contributed by atoms with van der Waals surface area (Å²) in [7, 11) is 4.23. The fraction of sp³-hybridized carbons (Fsp3) is 0.316. The van der Waals surface area contributed by atoms with E-state index in [0.29, 0.717) is 5.92 Å².